The van der Waals surface area contributed by atoms with Crippen molar-refractivity contribution in [1.82, 2.24) is 29.3 Å². The average molecular weight is 659 g/mol. The first-order valence-electron chi connectivity index (χ1n) is 16.0. The number of rotatable bonds is 10. The van der Waals surface area contributed by atoms with E-state index < -0.39 is 24.9 Å². The largest absolute Gasteiger partial charge is 0.494 e. The summed E-state index contributed by atoms with van der Waals surface area (Å²) < 4.78 is 46.7. The first-order chi connectivity index (χ1) is 23.3. The standard InChI is InChI=1S/C35H36F2N6O5/c1-41-30-25(39-32(41)27-16-23-9-6-13-38-31(23)43(27)18-21-10-11-21)15-24(17-29(30)46-2)33(44)42-14-12-28(48-34(36)37)26(19-42)40-35(45)47-20-22-7-4-3-5-8-22/h3-9,13,15-17,21,26,28,34H,10-12,14,18-20H2,1-2H3,(H,40,45)/t26-,28+/m1/s1. The van der Waals surface area contributed by atoms with Crippen LogP contribution in [0, 0.1) is 5.92 Å². The number of nitrogens with one attached hydrogen (secondary N) is 1. The van der Waals surface area contributed by atoms with Gasteiger partial charge in [0.05, 0.1) is 30.5 Å². The van der Waals surface area contributed by atoms with Gasteiger partial charge in [0.1, 0.15) is 23.5 Å². The molecule has 48 heavy (non-hydrogen) atoms. The van der Waals surface area contributed by atoms with Gasteiger partial charge in [-0.1, -0.05) is 30.3 Å². The molecule has 0 radical (unpaired) electrons. The van der Waals surface area contributed by atoms with Crippen LogP contribution in [0.2, 0.25) is 0 Å². The molecule has 1 aliphatic carbocycles. The number of fused-ring (bicyclic) bond motifs is 2. The highest BCUT2D eigenvalue weighted by atomic mass is 19.3. The number of benzene rings is 2. The molecule has 4 heterocycles. The maximum atomic E-state index is 13.9. The molecule has 0 unspecified atom stereocenters. The number of likely N-dealkylation sites (tertiary alicyclic amines) is 1. The number of carbonyl (C=O) groups is 2. The number of hydrogen-bond acceptors (Lipinski definition) is 7. The highest BCUT2D eigenvalue weighted by Gasteiger charge is 2.36. The van der Waals surface area contributed by atoms with Crippen LogP contribution in [0.5, 0.6) is 5.75 Å². The number of aromatic nitrogens is 4. The van der Waals surface area contributed by atoms with Crippen molar-refractivity contribution in [2.45, 2.75) is 51.2 Å². The molecular weight excluding hydrogens is 622 g/mol. The zero-order chi connectivity index (χ0) is 33.4. The molecule has 0 spiro atoms. The minimum Gasteiger partial charge on any atom is -0.494 e. The molecule has 2 fully saturated rings. The number of carbonyl (C=O) groups excluding carboxylic acids is 2. The minimum absolute atomic E-state index is 0.00608. The van der Waals surface area contributed by atoms with Crippen LogP contribution >= 0.6 is 0 Å². The van der Waals surface area contributed by atoms with Gasteiger partial charge in [-0.25, -0.2) is 14.8 Å². The lowest BCUT2D eigenvalue weighted by atomic mass is 10.0. The van der Waals surface area contributed by atoms with Gasteiger partial charge in [0.15, 0.2) is 5.82 Å². The van der Waals surface area contributed by atoms with Crippen molar-refractivity contribution in [2.24, 2.45) is 13.0 Å². The van der Waals surface area contributed by atoms with Gasteiger partial charge in [-0.05, 0) is 61.1 Å². The van der Waals surface area contributed by atoms with Crippen molar-refractivity contribution >= 4 is 34.1 Å². The Morgan fingerprint density at radius 2 is 1.88 bits per heavy atom. The number of amides is 2. The summed E-state index contributed by atoms with van der Waals surface area (Å²) in [6.45, 7) is -2.09. The van der Waals surface area contributed by atoms with Crippen LogP contribution in [0.15, 0.2) is 66.9 Å². The Labute approximate surface area is 275 Å². The molecule has 5 aromatic rings. The molecule has 7 rings (SSSR count). The fraction of sp³-hybridized carbons (Fsp3) is 0.371. The number of alkyl carbamates (subject to hydrolysis) is 1. The number of piperidine rings is 1. The van der Waals surface area contributed by atoms with Gasteiger partial charge in [0.2, 0.25) is 0 Å². The lowest BCUT2D eigenvalue weighted by molar-refractivity contribution is -0.177. The van der Waals surface area contributed by atoms with Gasteiger partial charge >= 0.3 is 12.7 Å². The van der Waals surface area contributed by atoms with E-state index in [-0.39, 0.29) is 32.0 Å². The molecule has 2 amide bonds. The summed E-state index contributed by atoms with van der Waals surface area (Å²) in [4.78, 5) is 37.8. The van der Waals surface area contributed by atoms with Crippen LogP contribution in [-0.4, -0.2) is 75.0 Å². The van der Waals surface area contributed by atoms with Gasteiger partial charge in [-0.3, -0.25) is 4.79 Å². The molecule has 250 valence electrons. The molecule has 1 N–H and O–H groups in total. The van der Waals surface area contributed by atoms with Crippen LogP contribution in [0.1, 0.15) is 35.2 Å². The Hall–Kier alpha value is -5.04. The molecule has 1 saturated carbocycles. The van der Waals surface area contributed by atoms with Gasteiger partial charge in [-0.2, -0.15) is 8.78 Å². The number of pyridine rings is 1. The number of halogens is 2. The maximum Gasteiger partial charge on any atom is 0.407 e. The Kier molecular flexibility index (Phi) is 8.69. The number of imidazole rings is 1. The fourth-order valence-electron chi connectivity index (χ4n) is 6.48. The van der Waals surface area contributed by atoms with Crippen molar-refractivity contribution in [2.75, 3.05) is 20.2 Å². The lowest BCUT2D eigenvalue weighted by Crippen LogP contribution is -2.57. The summed E-state index contributed by atoms with van der Waals surface area (Å²) in [6, 6.07) is 17.6. The molecule has 2 aliphatic rings. The maximum absolute atomic E-state index is 13.9. The number of nitrogens with zero attached hydrogens (tertiary/aromatic N) is 5. The highest BCUT2D eigenvalue weighted by molar-refractivity contribution is 6.00. The third-order valence-corrected chi connectivity index (χ3v) is 9.05. The van der Waals surface area contributed by atoms with Gasteiger partial charge < -0.3 is 33.6 Å². The van der Waals surface area contributed by atoms with Crippen molar-refractivity contribution in [1.29, 1.82) is 0 Å². The molecule has 1 saturated heterocycles. The second-order valence-electron chi connectivity index (χ2n) is 12.3. The SMILES string of the molecule is COc1cc(C(=O)N2CC[C@H](OC(F)F)[C@H](NC(=O)OCc3ccccc3)C2)cc2nc(-c3cc4cccnc4n3CC3CC3)n(C)c12. The molecule has 2 aromatic carbocycles. The monoisotopic (exact) mass is 658 g/mol. The van der Waals surface area contributed by atoms with Crippen molar-refractivity contribution in [3.63, 3.8) is 0 Å². The molecular formula is C35H36F2N6O5. The Morgan fingerprint density at radius 3 is 2.62 bits per heavy atom. The van der Waals surface area contributed by atoms with Gasteiger partial charge in [0, 0.05) is 43.8 Å². The number of aryl methyl sites for hydroxylation is 1. The predicted molar refractivity (Wildman–Crippen MR) is 174 cm³/mol. The Balaban J connectivity index is 1.15. The second kappa shape index (κ2) is 13.2. The molecule has 1 aliphatic heterocycles. The van der Waals surface area contributed by atoms with E-state index in [9.17, 15) is 18.4 Å². The first-order valence-corrected chi connectivity index (χ1v) is 16.0. The third-order valence-electron chi connectivity index (χ3n) is 9.05. The van der Waals surface area contributed by atoms with E-state index in [0.29, 0.717) is 22.7 Å². The normalized spacial score (nSPS) is 18.1. The quantitative estimate of drug-likeness (QED) is 0.203. The number of ether oxygens (including phenoxy) is 3. The van der Waals surface area contributed by atoms with E-state index in [4.69, 9.17) is 19.2 Å². The molecule has 2 atom stereocenters. The summed E-state index contributed by atoms with van der Waals surface area (Å²) in [5, 5.41) is 3.66. The first kappa shape index (κ1) is 31.6. The average Bonchev–Trinajstić information content (AvgIpc) is 3.76. The topological polar surface area (TPSA) is 113 Å². The zero-order valence-electron chi connectivity index (χ0n) is 26.6. The molecule has 11 nitrogen and oxygen atoms in total. The lowest BCUT2D eigenvalue weighted by Gasteiger charge is -2.38. The summed E-state index contributed by atoms with van der Waals surface area (Å²) in [5.41, 5.74) is 4.23. The summed E-state index contributed by atoms with van der Waals surface area (Å²) >= 11 is 0. The van der Waals surface area contributed by atoms with Gasteiger partial charge in [0.25, 0.3) is 5.91 Å². The fourth-order valence-corrected chi connectivity index (χ4v) is 6.48. The van der Waals surface area contributed by atoms with Crippen LogP contribution in [-0.2, 0) is 29.7 Å². The number of methoxy groups -OCH3 is 1. The minimum atomic E-state index is -3.04. The molecule has 3 aromatic heterocycles. The molecule has 13 heteroatoms. The number of hydrogen-bond donors (Lipinski definition) is 1. The van der Waals surface area contributed by atoms with E-state index in [1.807, 2.05) is 41.9 Å². The zero-order valence-corrected chi connectivity index (χ0v) is 26.6. The van der Waals surface area contributed by atoms with Gasteiger partial charge in [-0.15, -0.1) is 0 Å². The van der Waals surface area contributed by atoms with E-state index in [0.717, 1.165) is 40.2 Å². The summed E-state index contributed by atoms with van der Waals surface area (Å²) in [7, 11) is 3.46. The second-order valence-corrected chi connectivity index (χ2v) is 12.3. The van der Waals surface area contributed by atoms with E-state index in [1.165, 1.54) is 24.9 Å². The number of alkyl halides is 2. The van der Waals surface area contributed by atoms with Crippen LogP contribution in [0.25, 0.3) is 33.6 Å². The molecule has 0 bridgehead atoms. The smallest absolute Gasteiger partial charge is 0.407 e. The Bertz CT molecular complexity index is 1960. The van der Waals surface area contributed by atoms with Crippen LogP contribution in [0.4, 0.5) is 13.6 Å². The van der Waals surface area contributed by atoms with E-state index in [2.05, 4.69) is 20.9 Å². The predicted octanol–water partition coefficient (Wildman–Crippen LogP) is 5.76. The van der Waals surface area contributed by atoms with Crippen LogP contribution < -0.4 is 10.1 Å². The van der Waals surface area contributed by atoms with Crippen molar-refractivity contribution in [3.8, 4) is 17.3 Å². The van der Waals surface area contributed by atoms with Crippen molar-refractivity contribution in [3.05, 3.63) is 78.0 Å². The third kappa shape index (κ3) is 6.42. The van der Waals surface area contributed by atoms with E-state index >= 15 is 0 Å². The highest BCUT2D eigenvalue weighted by Crippen LogP contribution is 2.37. The summed E-state index contributed by atoms with van der Waals surface area (Å²) in [5.74, 6) is 1.44. The summed E-state index contributed by atoms with van der Waals surface area (Å²) in [6.07, 6.45) is 2.45. The van der Waals surface area contributed by atoms with E-state index in [1.54, 1.807) is 30.5 Å². The Morgan fingerprint density at radius 1 is 1.06 bits per heavy atom. The van der Waals surface area contributed by atoms with Crippen LogP contribution in [0.3, 0.4) is 0 Å². The van der Waals surface area contributed by atoms with Crippen molar-refractivity contribution < 1.29 is 32.6 Å².